The van der Waals surface area contributed by atoms with Crippen LogP contribution in [0.4, 0.5) is 11.4 Å². The normalized spacial score (nSPS) is 10.6. The zero-order chi connectivity index (χ0) is 10.1. The van der Waals surface area contributed by atoms with E-state index in [9.17, 15) is 0 Å². The largest absolute Gasteiger partial charge is 0.397 e. The summed E-state index contributed by atoms with van der Waals surface area (Å²) in [7, 11) is 0. The lowest BCUT2D eigenvalue weighted by molar-refractivity contribution is 0.901. The summed E-state index contributed by atoms with van der Waals surface area (Å²) in [6.07, 6.45) is 1.97. The van der Waals surface area contributed by atoms with Crippen LogP contribution < -0.4 is 16.9 Å². The Kier molecular flexibility index (Phi) is 1.96. The van der Waals surface area contributed by atoms with Gasteiger partial charge in [0.1, 0.15) is 0 Å². The Morgan fingerprint density at radius 3 is 2.71 bits per heavy atom. The number of nitrogens with two attached hydrogens (primary N) is 2. The van der Waals surface area contributed by atoms with Crippen molar-refractivity contribution >= 4 is 22.3 Å². The molecule has 0 saturated carbocycles. The van der Waals surface area contributed by atoms with E-state index in [4.69, 9.17) is 11.5 Å². The molecule has 0 aliphatic heterocycles. The van der Waals surface area contributed by atoms with Gasteiger partial charge in [-0.2, -0.15) is 0 Å². The van der Waals surface area contributed by atoms with Gasteiger partial charge in [-0.25, -0.2) is 0 Å². The first-order valence-corrected chi connectivity index (χ1v) is 4.62. The molecule has 1 aromatic heterocycles. The second-order valence-electron chi connectivity index (χ2n) is 3.24. The van der Waals surface area contributed by atoms with Crippen LogP contribution in [0.3, 0.4) is 0 Å². The van der Waals surface area contributed by atoms with E-state index in [2.05, 4.69) is 5.43 Å². The average molecular weight is 190 g/mol. The molecular weight excluding hydrogens is 176 g/mol. The highest BCUT2D eigenvalue weighted by atomic mass is 15.4. The summed E-state index contributed by atoms with van der Waals surface area (Å²) in [6.45, 7) is 2.92. The fourth-order valence-electron chi connectivity index (χ4n) is 1.52. The zero-order valence-corrected chi connectivity index (χ0v) is 8.12. The third-order valence-electron chi connectivity index (χ3n) is 2.22. The molecule has 0 unspecified atom stereocenters. The lowest BCUT2D eigenvalue weighted by Gasteiger charge is -2.07. The molecule has 0 bridgehead atoms. The predicted molar refractivity (Wildman–Crippen MR) is 60.7 cm³/mol. The van der Waals surface area contributed by atoms with Crippen molar-refractivity contribution in [1.29, 1.82) is 0 Å². The van der Waals surface area contributed by atoms with Crippen LogP contribution in [-0.4, -0.2) is 11.2 Å². The van der Waals surface area contributed by atoms with Crippen molar-refractivity contribution < 1.29 is 0 Å². The van der Waals surface area contributed by atoms with Crippen LogP contribution in [0.1, 0.15) is 6.92 Å². The van der Waals surface area contributed by atoms with E-state index in [-0.39, 0.29) is 0 Å². The molecule has 74 valence electrons. The molecule has 4 heteroatoms. The number of anilines is 2. The molecular formula is C10H14N4. The van der Waals surface area contributed by atoms with Crippen molar-refractivity contribution in [3.05, 3.63) is 24.4 Å². The Hall–Kier alpha value is -1.84. The molecule has 0 fully saturated rings. The minimum absolute atomic E-state index is 0.621. The van der Waals surface area contributed by atoms with Crippen LogP contribution in [0.25, 0.3) is 10.9 Å². The molecule has 14 heavy (non-hydrogen) atoms. The van der Waals surface area contributed by atoms with Crippen molar-refractivity contribution in [3.8, 4) is 0 Å². The number of fused-ring (bicyclic) bond motifs is 1. The Bertz CT molecular complexity index is 458. The molecule has 0 atom stereocenters. The lowest BCUT2D eigenvalue weighted by atomic mass is 10.2. The quantitative estimate of drug-likeness (QED) is 0.626. The van der Waals surface area contributed by atoms with Crippen LogP contribution in [0, 0.1) is 0 Å². The third kappa shape index (κ3) is 1.25. The summed E-state index contributed by atoms with van der Waals surface area (Å²) in [4.78, 5) is 0. The molecule has 0 spiro atoms. The van der Waals surface area contributed by atoms with Gasteiger partial charge in [0.25, 0.3) is 0 Å². The van der Waals surface area contributed by atoms with Crippen LogP contribution >= 0.6 is 0 Å². The predicted octanol–water partition coefficient (Wildman–Crippen LogP) is 1.37. The Balaban J connectivity index is 2.61. The average Bonchev–Trinajstić information content (AvgIpc) is 2.51. The zero-order valence-electron chi connectivity index (χ0n) is 8.12. The van der Waals surface area contributed by atoms with Gasteiger partial charge in [0, 0.05) is 18.1 Å². The highest BCUT2D eigenvalue weighted by Crippen LogP contribution is 2.23. The lowest BCUT2D eigenvalue weighted by Crippen LogP contribution is -2.12. The highest BCUT2D eigenvalue weighted by Gasteiger charge is 2.03. The molecule has 1 aromatic carbocycles. The maximum Gasteiger partial charge on any atom is 0.0714 e. The van der Waals surface area contributed by atoms with E-state index < -0.39 is 0 Å². The Morgan fingerprint density at radius 1 is 1.29 bits per heavy atom. The van der Waals surface area contributed by atoms with Gasteiger partial charge in [0.15, 0.2) is 0 Å². The number of nitrogens with zero attached hydrogens (tertiary/aromatic N) is 1. The van der Waals surface area contributed by atoms with Crippen molar-refractivity contribution in [2.75, 3.05) is 23.4 Å². The van der Waals surface area contributed by atoms with Crippen molar-refractivity contribution in [3.63, 3.8) is 0 Å². The van der Waals surface area contributed by atoms with Crippen LogP contribution in [0.15, 0.2) is 24.4 Å². The third-order valence-corrected chi connectivity index (χ3v) is 2.22. The van der Waals surface area contributed by atoms with Crippen molar-refractivity contribution in [2.24, 2.45) is 0 Å². The van der Waals surface area contributed by atoms with E-state index in [1.165, 1.54) is 0 Å². The standard InChI is InChI=1S/C10H14N4/c1-2-13-14-4-3-7-5-8(11)9(12)6-10(7)14/h3-6,13H,2,11-12H2,1H3. The van der Waals surface area contributed by atoms with Crippen LogP contribution in [0.5, 0.6) is 0 Å². The van der Waals surface area contributed by atoms with Crippen molar-refractivity contribution in [1.82, 2.24) is 4.68 Å². The van der Waals surface area contributed by atoms with Crippen molar-refractivity contribution in [2.45, 2.75) is 6.92 Å². The van der Waals surface area contributed by atoms with Crippen LogP contribution in [-0.2, 0) is 0 Å². The van der Waals surface area contributed by atoms with E-state index in [1.807, 2.05) is 36.0 Å². The topological polar surface area (TPSA) is 69.0 Å². The van der Waals surface area contributed by atoms with Gasteiger partial charge < -0.3 is 16.9 Å². The van der Waals surface area contributed by atoms with Crippen LogP contribution in [0.2, 0.25) is 0 Å². The summed E-state index contributed by atoms with van der Waals surface area (Å²) in [5.41, 5.74) is 17.0. The minimum Gasteiger partial charge on any atom is -0.397 e. The van der Waals surface area contributed by atoms with E-state index in [1.54, 1.807) is 0 Å². The van der Waals surface area contributed by atoms with Gasteiger partial charge in [-0.15, -0.1) is 0 Å². The van der Waals surface area contributed by atoms with Gasteiger partial charge in [0.2, 0.25) is 0 Å². The maximum atomic E-state index is 5.74. The summed E-state index contributed by atoms with van der Waals surface area (Å²) in [6, 6.07) is 5.78. The molecule has 2 aromatic rings. The number of benzene rings is 1. The highest BCUT2D eigenvalue weighted by molar-refractivity contribution is 5.89. The SMILES string of the molecule is CCNn1ccc2cc(N)c(N)cc21. The van der Waals surface area contributed by atoms with E-state index >= 15 is 0 Å². The smallest absolute Gasteiger partial charge is 0.0714 e. The molecule has 5 N–H and O–H groups in total. The number of nitrogen functional groups attached to an aromatic ring is 2. The Labute approximate surface area is 82.5 Å². The fourth-order valence-corrected chi connectivity index (χ4v) is 1.52. The first-order chi connectivity index (χ1) is 6.72. The second-order valence-corrected chi connectivity index (χ2v) is 3.24. The molecule has 0 saturated heterocycles. The maximum absolute atomic E-state index is 5.74. The fraction of sp³-hybridized carbons (Fsp3) is 0.200. The molecule has 0 amide bonds. The van der Waals surface area contributed by atoms with Gasteiger partial charge >= 0.3 is 0 Å². The molecule has 0 aliphatic rings. The molecule has 0 radical (unpaired) electrons. The van der Waals surface area contributed by atoms with Gasteiger partial charge in [-0.3, -0.25) is 4.68 Å². The molecule has 4 nitrogen and oxygen atoms in total. The minimum atomic E-state index is 0.621. The van der Waals surface area contributed by atoms with E-state index in [0.717, 1.165) is 17.4 Å². The number of aromatic nitrogens is 1. The first kappa shape index (κ1) is 8.74. The summed E-state index contributed by atoms with van der Waals surface area (Å²) in [5, 5.41) is 1.10. The van der Waals surface area contributed by atoms with E-state index in [0.29, 0.717) is 11.4 Å². The summed E-state index contributed by atoms with van der Waals surface area (Å²) in [5.74, 6) is 0. The number of hydrogen-bond acceptors (Lipinski definition) is 3. The van der Waals surface area contributed by atoms with Gasteiger partial charge in [-0.05, 0) is 25.1 Å². The number of hydrogen-bond donors (Lipinski definition) is 3. The molecule has 2 rings (SSSR count). The number of rotatable bonds is 2. The van der Waals surface area contributed by atoms with Gasteiger partial charge in [0.05, 0.1) is 16.9 Å². The monoisotopic (exact) mass is 190 g/mol. The molecule has 0 aliphatic carbocycles. The van der Waals surface area contributed by atoms with Gasteiger partial charge in [-0.1, -0.05) is 0 Å². The second kappa shape index (κ2) is 3.14. The summed E-state index contributed by atoms with van der Waals surface area (Å²) >= 11 is 0. The first-order valence-electron chi connectivity index (χ1n) is 4.62. The number of nitrogens with one attached hydrogen (secondary N) is 1. The Morgan fingerprint density at radius 2 is 2.00 bits per heavy atom. The molecule has 1 heterocycles. The summed E-state index contributed by atoms with van der Waals surface area (Å²) < 4.78 is 1.95.